The Kier molecular flexibility index (Phi) is 3.13. The number of fused-ring (bicyclic) bond motifs is 1. The van der Waals surface area contributed by atoms with E-state index in [1.54, 1.807) is 12.1 Å². The fraction of sp³-hybridized carbons (Fsp3) is 0.200. The van der Waals surface area contributed by atoms with Gasteiger partial charge in [-0.1, -0.05) is 6.08 Å². The minimum Gasteiger partial charge on any atom is -0.454 e. The fourth-order valence-electron chi connectivity index (χ4n) is 2.24. The second-order valence-corrected chi connectivity index (χ2v) is 4.75. The Balaban J connectivity index is 1.94. The van der Waals surface area contributed by atoms with Gasteiger partial charge in [0.05, 0.1) is 0 Å². The highest BCUT2D eigenvalue weighted by Gasteiger charge is 2.32. The molecule has 1 aromatic carbocycles. The molecule has 2 aliphatic rings. The molecule has 1 aromatic rings. The van der Waals surface area contributed by atoms with Crippen molar-refractivity contribution in [2.24, 2.45) is 0 Å². The van der Waals surface area contributed by atoms with Gasteiger partial charge >= 0.3 is 6.03 Å². The van der Waals surface area contributed by atoms with Crippen LogP contribution in [0.15, 0.2) is 30.5 Å². The van der Waals surface area contributed by atoms with Gasteiger partial charge in [-0.2, -0.15) is 0 Å². The number of rotatable bonds is 3. The molecule has 0 aliphatic carbocycles. The van der Waals surface area contributed by atoms with E-state index >= 15 is 0 Å². The largest absolute Gasteiger partial charge is 0.454 e. The summed E-state index contributed by atoms with van der Waals surface area (Å²) >= 11 is 0. The van der Waals surface area contributed by atoms with Crippen LogP contribution in [0, 0.1) is 6.92 Å². The molecule has 1 N–H and O–H groups in total. The lowest BCUT2D eigenvalue weighted by Gasteiger charge is -2.07. The second kappa shape index (κ2) is 4.97. The SMILES string of the molecule is C=CCN1C(=O)N/C(=C/c2cc3c(cc2C)OCO3)C1=O. The molecule has 6 nitrogen and oxygen atoms in total. The van der Waals surface area contributed by atoms with Gasteiger partial charge in [0, 0.05) is 6.54 Å². The van der Waals surface area contributed by atoms with E-state index in [2.05, 4.69) is 11.9 Å². The molecule has 2 heterocycles. The van der Waals surface area contributed by atoms with Crippen LogP contribution in [-0.4, -0.2) is 30.2 Å². The van der Waals surface area contributed by atoms with E-state index in [1.165, 1.54) is 6.08 Å². The van der Waals surface area contributed by atoms with Crippen LogP contribution < -0.4 is 14.8 Å². The maximum atomic E-state index is 12.1. The number of nitrogens with zero attached hydrogens (tertiary/aromatic N) is 1. The molecule has 1 fully saturated rings. The van der Waals surface area contributed by atoms with Crippen molar-refractivity contribution < 1.29 is 19.1 Å². The van der Waals surface area contributed by atoms with Crippen molar-refractivity contribution in [3.05, 3.63) is 41.6 Å². The highest BCUT2D eigenvalue weighted by molar-refractivity contribution is 6.14. The zero-order valence-electron chi connectivity index (χ0n) is 11.5. The number of benzene rings is 1. The van der Waals surface area contributed by atoms with Crippen LogP contribution in [0.2, 0.25) is 0 Å². The first-order valence-electron chi connectivity index (χ1n) is 6.46. The van der Waals surface area contributed by atoms with Gasteiger partial charge in [0.2, 0.25) is 6.79 Å². The summed E-state index contributed by atoms with van der Waals surface area (Å²) in [5.74, 6) is 0.953. The summed E-state index contributed by atoms with van der Waals surface area (Å²) in [5.41, 5.74) is 1.96. The number of amides is 3. The van der Waals surface area contributed by atoms with Gasteiger partial charge in [0.25, 0.3) is 5.91 Å². The normalized spacial score (nSPS) is 18.3. The minimum absolute atomic E-state index is 0.183. The van der Waals surface area contributed by atoms with Crippen LogP contribution >= 0.6 is 0 Å². The number of urea groups is 1. The third kappa shape index (κ3) is 2.24. The second-order valence-electron chi connectivity index (χ2n) is 4.75. The van der Waals surface area contributed by atoms with E-state index < -0.39 is 6.03 Å². The van der Waals surface area contributed by atoms with Crippen molar-refractivity contribution in [2.75, 3.05) is 13.3 Å². The smallest absolute Gasteiger partial charge is 0.329 e. The quantitative estimate of drug-likeness (QED) is 0.522. The molecule has 1 saturated heterocycles. The van der Waals surface area contributed by atoms with Crippen LogP contribution in [-0.2, 0) is 4.79 Å². The van der Waals surface area contributed by atoms with E-state index in [4.69, 9.17) is 9.47 Å². The van der Waals surface area contributed by atoms with Gasteiger partial charge in [-0.05, 0) is 36.3 Å². The minimum atomic E-state index is -0.440. The predicted octanol–water partition coefficient (Wildman–Crippen LogP) is 1.80. The summed E-state index contributed by atoms with van der Waals surface area (Å²) < 4.78 is 10.6. The molecule has 6 heteroatoms. The van der Waals surface area contributed by atoms with E-state index in [0.717, 1.165) is 16.0 Å². The molecule has 0 unspecified atom stereocenters. The monoisotopic (exact) mass is 286 g/mol. The number of imide groups is 1. The van der Waals surface area contributed by atoms with E-state index in [9.17, 15) is 9.59 Å². The van der Waals surface area contributed by atoms with Crippen LogP contribution in [0.4, 0.5) is 4.79 Å². The highest BCUT2D eigenvalue weighted by atomic mass is 16.7. The van der Waals surface area contributed by atoms with Gasteiger partial charge in [-0.3, -0.25) is 9.69 Å². The van der Waals surface area contributed by atoms with Gasteiger partial charge in [-0.25, -0.2) is 4.79 Å². The zero-order chi connectivity index (χ0) is 15.0. The number of carbonyl (C=O) groups is 2. The molecule has 0 spiro atoms. The third-order valence-electron chi connectivity index (χ3n) is 3.34. The molecule has 2 aliphatic heterocycles. The first kappa shape index (κ1) is 13.2. The number of hydrogen-bond acceptors (Lipinski definition) is 4. The Morgan fingerprint density at radius 3 is 2.76 bits per heavy atom. The van der Waals surface area contributed by atoms with Gasteiger partial charge in [-0.15, -0.1) is 6.58 Å². The number of hydrogen-bond donors (Lipinski definition) is 1. The maximum Gasteiger partial charge on any atom is 0.329 e. The average Bonchev–Trinajstić information content (AvgIpc) is 2.99. The van der Waals surface area contributed by atoms with Crippen LogP contribution in [0.5, 0.6) is 11.5 Å². The Bertz CT molecular complexity index is 678. The lowest BCUT2D eigenvalue weighted by Crippen LogP contribution is -2.30. The molecule has 21 heavy (non-hydrogen) atoms. The van der Waals surface area contributed by atoms with Crippen molar-refractivity contribution in [1.29, 1.82) is 0 Å². The van der Waals surface area contributed by atoms with Crippen molar-refractivity contribution >= 4 is 18.0 Å². The average molecular weight is 286 g/mol. The molecular weight excluding hydrogens is 272 g/mol. The third-order valence-corrected chi connectivity index (χ3v) is 3.34. The number of nitrogens with one attached hydrogen (secondary N) is 1. The van der Waals surface area contributed by atoms with Gasteiger partial charge < -0.3 is 14.8 Å². The lowest BCUT2D eigenvalue weighted by atomic mass is 10.1. The molecule has 3 amide bonds. The molecule has 0 bridgehead atoms. The van der Waals surface area contributed by atoms with Crippen LogP contribution in [0.1, 0.15) is 11.1 Å². The zero-order valence-corrected chi connectivity index (χ0v) is 11.5. The molecule has 3 rings (SSSR count). The molecule has 0 radical (unpaired) electrons. The number of carbonyl (C=O) groups excluding carboxylic acids is 2. The number of ether oxygens (including phenoxy) is 2. The van der Waals surface area contributed by atoms with Crippen molar-refractivity contribution in [3.8, 4) is 11.5 Å². The van der Waals surface area contributed by atoms with E-state index in [1.807, 2.05) is 13.0 Å². The van der Waals surface area contributed by atoms with Crippen molar-refractivity contribution in [3.63, 3.8) is 0 Å². The van der Waals surface area contributed by atoms with Crippen molar-refractivity contribution in [2.45, 2.75) is 6.92 Å². The summed E-state index contributed by atoms with van der Waals surface area (Å²) in [6.45, 7) is 5.81. The molecule has 0 aromatic heterocycles. The van der Waals surface area contributed by atoms with E-state index in [-0.39, 0.29) is 24.9 Å². The summed E-state index contributed by atoms with van der Waals surface area (Å²) in [4.78, 5) is 24.9. The predicted molar refractivity (Wildman–Crippen MR) is 75.7 cm³/mol. The first-order chi connectivity index (χ1) is 10.1. The van der Waals surface area contributed by atoms with Crippen molar-refractivity contribution in [1.82, 2.24) is 10.2 Å². The Morgan fingerprint density at radius 1 is 1.33 bits per heavy atom. The lowest BCUT2D eigenvalue weighted by molar-refractivity contribution is -0.122. The highest BCUT2D eigenvalue weighted by Crippen LogP contribution is 2.35. The summed E-state index contributed by atoms with van der Waals surface area (Å²) in [6.07, 6.45) is 3.15. The topological polar surface area (TPSA) is 67.9 Å². The summed E-state index contributed by atoms with van der Waals surface area (Å²) in [6, 6.07) is 3.20. The van der Waals surface area contributed by atoms with Crippen LogP contribution in [0.3, 0.4) is 0 Å². The molecule has 108 valence electrons. The fourth-order valence-corrected chi connectivity index (χ4v) is 2.24. The Labute approximate surface area is 121 Å². The molecular formula is C15H14N2O4. The van der Waals surface area contributed by atoms with Crippen LogP contribution in [0.25, 0.3) is 6.08 Å². The summed E-state index contributed by atoms with van der Waals surface area (Å²) in [7, 11) is 0. The van der Waals surface area contributed by atoms with Gasteiger partial charge in [0.15, 0.2) is 11.5 Å². The number of aryl methyl sites for hydroxylation is 1. The standard InChI is InChI=1S/C15H14N2O4/c1-3-4-17-14(18)11(16-15(17)19)6-10-7-13-12(5-9(10)2)20-8-21-13/h3,5-7H,1,4,8H2,2H3,(H,16,19)/b11-6+. The van der Waals surface area contributed by atoms with Gasteiger partial charge in [0.1, 0.15) is 5.70 Å². The Morgan fingerprint density at radius 2 is 2.05 bits per heavy atom. The molecule has 0 saturated carbocycles. The van der Waals surface area contributed by atoms with E-state index in [0.29, 0.717) is 11.5 Å². The summed E-state index contributed by atoms with van der Waals surface area (Å²) in [5, 5.41) is 2.56. The first-order valence-corrected chi connectivity index (χ1v) is 6.46. The molecule has 0 atom stereocenters. The Hall–Kier alpha value is -2.76. The maximum absolute atomic E-state index is 12.1.